The van der Waals surface area contributed by atoms with E-state index in [0.29, 0.717) is 5.75 Å². The van der Waals surface area contributed by atoms with Crippen LogP contribution in [0.2, 0.25) is 0 Å². The number of para-hydroxylation sites is 1. The Morgan fingerprint density at radius 1 is 1.33 bits per heavy atom. The number of ether oxygens (including phenoxy) is 1. The van der Waals surface area contributed by atoms with Gasteiger partial charge in [-0.05, 0) is 18.1 Å². The molecule has 0 radical (unpaired) electrons. The number of amides is 1. The average molecular weight is 291 g/mol. The lowest BCUT2D eigenvalue weighted by Crippen LogP contribution is -2.34. The van der Waals surface area contributed by atoms with Crippen molar-refractivity contribution in [3.8, 4) is 5.75 Å². The van der Waals surface area contributed by atoms with Crippen LogP contribution in [-0.4, -0.2) is 30.6 Å². The predicted molar refractivity (Wildman–Crippen MR) is 81.0 cm³/mol. The molecule has 0 fully saturated rings. The minimum absolute atomic E-state index is 0.0407. The highest BCUT2D eigenvalue weighted by molar-refractivity contribution is 5.92. The Morgan fingerprint density at radius 3 is 2.57 bits per heavy atom. The third-order valence-corrected chi connectivity index (χ3v) is 3.17. The van der Waals surface area contributed by atoms with Gasteiger partial charge in [0.1, 0.15) is 5.75 Å². The molecule has 1 amide bonds. The molecule has 1 aromatic rings. The molecule has 1 unspecified atom stereocenters. The van der Waals surface area contributed by atoms with Gasteiger partial charge in [-0.2, -0.15) is 0 Å². The van der Waals surface area contributed by atoms with Gasteiger partial charge in [-0.25, -0.2) is 0 Å². The van der Waals surface area contributed by atoms with E-state index >= 15 is 0 Å². The van der Waals surface area contributed by atoms with Crippen LogP contribution >= 0.6 is 0 Å². The smallest absolute Gasteiger partial charge is 0.308 e. The second kappa shape index (κ2) is 8.09. The summed E-state index contributed by atoms with van der Waals surface area (Å²) in [5, 5.41) is 11.7. The quantitative estimate of drug-likeness (QED) is 0.755. The standard InChI is InChI=1S/C16H21NO4/c1-11(2)13(16(19)20)10-17-15(18)9-8-12-6-4-5-7-14(12)21-3/h4-9,11,13H,10H2,1-3H3,(H,17,18)(H,19,20). The lowest BCUT2D eigenvalue weighted by Gasteiger charge is -2.15. The van der Waals surface area contributed by atoms with Gasteiger partial charge in [-0.3, -0.25) is 9.59 Å². The Morgan fingerprint density at radius 2 is 2.00 bits per heavy atom. The maximum atomic E-state index is 11.7. The lowest BCUT2D eigenvalue weighted by molar-refractivity contribution is -0.143. The van der Waals surface area contributed by atoms with Gasteiger partial charge in [0.25, 0.3) is 0 Å². The number of carbonyl (C=O) groups is 2. The van der Waals surface area contributed by atoms with E-state index in [4.69, 9.17) is 9.84 Å². The molecular weight excluding hydrogens is 270 g/mol. The van der Waals surface area contributed by atoms with Crippen LogP contribution in [0.15, 0.2) is 30.3 Å². The monoisotopic (exact) mass is 291 g/mol. The first-order valence-electron chi connectivity index (χ1n) is 6.77. The van der Waals surface area contributed by atoms with Gasteiger partial charge in [-0.1, -0.05) is 32.0 Å². The van der Waals surface area contributed by atoms with E-state index in [0.717, 1.165) is 5.56 Å². The number of rotatable bonds is 7. The van der Waals surface area contributed by atoms with Crippen LogP contribution in [0, 0.1) is 11.8 Å². The van der Waals surface area contributed by atoms with E-state index in [1.54, 1.807) is 19.3 Å². The Bertz CT molecular complexity index is 523. The Balaban J connectivity index is 2.61. The second-order valence-corrected chi connectivity index (χ2v) is 5.01. The van der Waals surface area contributed by atoms with Gasteiger partial charge >= 0.3 is 5.97 Å². The number of nitrogens with one attached hydrogen (secondary N) is 1. The summed E-state index contributed by atoms with van der Waals surface area (Å²) in [5.74, 6) is -1.19. The first kappa shape index (κ1) is 16.8. The van der Waals surface area contributed by atoms with Crippen molar-refractivity contribution in [1.82, 2.24) is 5.32 Å². The minimum atomic E-state index is -0.904. The first-order valence-corrected chi connectivity index (χ1v) is 6.77. The molecule has 0 heterocycles. The summed E-state index contributed by atoms with van der Waals surface area (Å²) >= 11 is 0. The van der Waals surface area contributed by atoms with Gasteiger partial charge < -0.3 is 15.2 Å². The topological polar surface area (TPSA) is 75.6 Å². The Hall–Kier alpha value is -2.30. The fraction of sp³-hybridized carbons (Fsp3) is 0.375. The van der Waals surface area contributed by atoms with Gasteiger partial charge in [0, 0.05) is 18.2 Å². The zero-order valence-electron chi connectivity index (χ0n) is 12.5. The molecule has 0 aromatic heterocycles. The number of methoxy groups -OCH3 is 1. The molecule has 2 N–H and O–H groups in total. The van der Waals surface area contributed by atoms with E-state index in [2.05, 4.69) is 5.32 Å². The number of hydrogen-bond acceptors (Lipinski definition) is 3. The third-order valence-electron chi connectivity index (χ3n) is 3.17. The molecule has 1 atom stereocenters. The van der Waals surface area contributed by atoms with Crippen molar-refractivity contribution in [2.24, 2.45) is 11.8 Å². The van der Waals surface area contributed by atoms with Gasteiger partial charge in [-0.15, -0.1) is 0 Å². The second-order valence-electron chi connectivity index (χ2n) is 5.01. The molecular formula is C16H21NO4. The number of hydrogen-bond donors (Lipinski definition) is 2. The summed E-state index contributed by atoms with van der Waals surface area (Å²) in [6, 6.07) is 7.32. The molecule has 5 nitrogen and oxygen atoms in total. The molecule has 0 spiro atoms. The van der Waals surface area contributed by atoms with Crippen LogP contribution in [0.25, 0.3) is 6.08 Å². The molecule has 0 aliphatic carbocycles. The van der Waals surface area contributed by atoms with Crippen LogP contribution in [0.4, 0.5) is 0 Å². The summed E-state index contributed by atoms with van der Waals surface area (Å²) in [6.07, 6.45) is 3.01. The van der Waals surface area contributed by atoms with Crippen LogP contribution < -0.4 is 10.1 Å². The van der Waals surface area contributed by atoms with Gasteiger partial charge in [0.05, 0.1) is 13.0 Å². The van der Waals surface area contributed by atoms with Crippen LogP contribution in [0.3, 0.4) is 0 Å². The summed E-state index contributed by atoms with van der Waals surface area (Å²) < 4.78 is 5.18. The van der Waals surface area contributed by atoms with Gasteiger partial charge in [0.15, 0.2) is 0 Å². The number of carboxylic acids is 1. The molecule has 1 rings (SSSR count). The number of aliphatic carboxylic acids is 1. The highest BCUT2D eigenvalue weighted by Crippen LogP contribution is 2.18. The van der Waals surface area contributed by atoms with Crippen molar-refractivity contribution in [2.75, 3.05) is 13.7 Å². The van der Waals surface area contributed by atoms with Crippen LogP contribution in [0.1, 0.15) is 19.4 Å². The molecule has 0 aliphatic heterocycles. The first-order chi connectivity index (χ1) is 9.95. The average Bonchev–Trinajstić information content (AvgIpc) is 2.44. The van der Waals surface area contributed by atoms with Crippen molar-refractivity contribution in [2.45, 2.75) is 13.8 Å². The van der Waals surface area contributed by atoms with Crippen molar-refractivity contribution in [1.29, 1.82) is 0 Å². The lowest BCUT2D eigenvalue weighted by atomic mass is 9.96. The zero-order valence-corrected chi connectivity index (χ0v) is 12.5. The highest BCUT2D eigenvalue weighted by atomic mass is 16.5. The van der Waals surface area contributed by atoms with Crippen LogP contribution in [-0.2, 0) is 9.59 Å². The minimum Gasteiger partial charge on any atom is -0.496 e. The normalized spacial score (nSPS) is 12.4. The zero-order chi connectivity index (χ0) is 15.8. The number of benzene rings is 1. The number of carboxylic acid groups (broad SMARTS) is 1. The molecule has 5 heteroatoms. The number of carbonyl (C=O) groups excluding carboxylic acids is 1. The van der Waals surface area contributed by atoms with Crippen molar-refractivity contribution in [3.05, 3.63) is 35.9 Å². The van der Waals surface area contributed by atoms with E-state index < -0.39 is 11.9 Å². The largest absolute Gasteiger partial charge is 0.496 e. The summed E-state index contributed by atoms with van der Waals surface area (Å²) in [5.41, 5.74) is 0.786. The maximum Gasteiger partial charge on any atom is 0.308 e. The highest BCUT2D eigenvalue weighted by Gasteiger charge is 2.21. The molecule has 21 heavy (non-hydrogen) atoms. The molecule has 1 aromatic carbocycles. The SMILES string of the molecule is COc1ccccc1C=CC(=O)NCC(C(=O)O)C(C)C. The van der Waals surface area contributed by atoms with Gasteiger partial charge in [0.2, 0.25) is 5.91 Å². The fourth-order valence-corrected chi connectivity index (χ4v) is 1.85. The molecule has 114 valence electrons. The summed E-state index contributed by atoms with van der Waals surface area (Å²) in [4.78, 5) is 22.8. The molecule has 0 bridgehead atoms. The van der Waals surface area contributed by atoms with Crippen molar-refractivity contribution < 1.29 is 19.4 Å². The Kier molecular flexibility index (Phi) is 6.46. The fourth-order valence-electron chi connectivity index (χ4n) is 1.85. The van der Waals surface area contributed by atoms with Crippen LogP contribution in [0.5, 0.6) is 5.75 Å². The van der Waals surface area contributed by atoms with E-state index in [1.807, 2.05) is 32.0 Å². The predicted octanol–water partition coefficient (Wildman–Crippen LogP) is 2.18. The van der Waals surface area contributed by atoms with E-state index in [-0.39, 0.29) is 18.4 Å². The summed E-state index contributed by atoms with van der Waals surface area (Å²) in [7, 11) is 1.56. The third kappa shape index (κ3) is 5.30. The maximum absolute atomic E-state index is 11.7. The van der Waals surface area contributed by atoms with Crippen molar-refractivity contribution in [3.63, 3.8) is 0 Å². The summed E-state index contributed by atoms with van der Waals surface area (Å²) in [6.45, 7) is 3.74. The van der Waals surface area contributed by atoms with E-state index in [9.17, 15) is 9.59 Å². The van der Waals surface area contributed by atoms with E-state index in [1.165, 1.54) is 6.08 Å². The Labute approximate surface area is 124 Å². The van der Waals surface area contributed by atoms with Crippen molar-refractivity contribution >= 4 is 18.0 Å². The molecule has 0 saturated carbocycles. The molecule has 0 saturated heterocycles. The molecule has 0 aliphatic rings.